The van der Waals surface area contributed by atoms with Crippen LogP contribution in [0.3, 0.4) is 0 Å². The molecule has 2 aromatic rings. The summed E-state index contributed by atoms with van der Waals surface area (Å²) in [5.41, 5.74) is 4.71. The first-order valence-corrected chi connectivity index (χ1v) is 9.19. The van der Waals surface area contributed by atoms with Gasteiger partial charge in [-0.15, -0.1) is 0 Å². The fraction of sp³-hybridized carbons (Fsp3) is 0.381. The molecule has 1 atom stereocenters. The molecular formula is C21H28N2OS. The summed E-state index contributed by atoms with van der Waals surface area (Å²) in [6.07, 6.45) is 0. The zero-order valence-corrected chi connectivity index (χ0v) is 16.5. The van der Waals surface area contributed by atoms with E-state index < -0.39 is 0 Å². The zero-order valence-electron chi connectivity index (χ0n) is 15.7. The van der Waals surface area contributed by atoms with Crippen LogP contribution in [0, 0.1) is 19.8 Å². The summed E-state index contributed by atoms with van der Waals surface area (Å²) in [4.78, 5) is 0. The molecule has 2 rings (SSSR count). The maximum Gasteiger partial charge on any atom is 0.171 e. The zero-order chi connectivity index (χ0) is 18.4. The van der Waals surface area contributed by atoms with Crippen molar-refractivity contribution in [2.24, 2.45) is 5.92 Å². The van der Waals surface area contributed by atoms with Crippen LogP contribution in [0.2, 0.25) is 0 Å². The molecule has 0 aliphatic heterocycles. The van der Waals surface area contributed by atoms with E-state index in [1.807, 2.05) is 31.2 Å². The van der Waals surface area contributed by atoms with Gasteiger partial charge in [-0.05, 0) is 62.2 Å². The molecule has 0 radical (unpaired) electrons. The van der Waals surface area contributed by atoms with Gasteiger partial charge in [-0.3, -0.25) is 0 Å². The van der Waals surface area contributed by atoms with Gasteiger partial charge in [-0.2, -0.15) is 0 Å². The van der Waals surface area contributed by atoms with Crippen LogP contribution in [0.1, 0.15) is 43.5 Å². The quantitative estimate of drug-likeness (QED) is 0.680. The normalized spacial score (nSPS) is 11.9. The van der Waals surface area contributed by atoms with E-state index in [2.05, 4.69) is 56.5 Å². The van der Waals surface area contributed by atoms with Crippen LogP contribution >= 0.6 is 12.2 Å². The Morgan fingerprint density at radius 3 is 2.48 bits per heavy atom. The Hall–Kier alpha value is -2.07. The van der Waals surface area contributed by atoms with Crippen LogP contribution in [-0.4, -0.2) is 11.7 Å². The van der Waals surface area contributed by atoms with Gasteiger partial charge in [-0.25, -0.2) is 0 Å². The molecule has 2 N–H and O–H groups in total. The lowest BCUT2D eigenvalue weighted by Crippen LogP contribution is -2.35. The van der Waals surface area contributed by atoms with Crippen molar-refractivity contribution in [2.75, 3.05) is 11.9 Å². The number of thiocarbonyl (C=S) groups is 1. The number of rotatable bonds is 6. The third kappa shape index (κ3) is 5.20. The largest absolute Gasteiger partial charge is 0.492 e. The second kappa shape index (κ2) is 8.86. The minimum atomic E-state index is 0.153. The van der Waals surface area contributed by atoms with Crippen molar-refractivity contribution < 1.29 is 4.74 Å². The second-order valence-electron chi connectivity index (χ2n) is 6.61. The van der Waals surface area contributed by atoms with E-state index in [1.54, 1.807) is 0 Å². The Morgan fingerprint density at radius 1 is 1.12 bits per heavy atom. The molecule has 134 valence electrons. The van der Waals surface area contributed by atoms with E-state index in [-0.39, 0.29) is 6.04 Å². The molecule has 0 heterocycles. The lowest BCUT2D eigenvalue weighted by atomic mass is 9.92. The van der Waals surface area contributed by atoms with Crippen molar-refractivity contribution >= 4 is 23.0 Å². The summed E-state index contributed by atoms with van der Waals surface area (Å²) in [5.74, 6) is 1.21. The van der Waals surface area contributed by atoms with E-state index in [0.717, 1.165) is 11.4 Å². The molecule has 0 amide bonds. The number of hydrogen-bond acceptors (Lipinski definition) is 2. The topological polar surface area (TPSA) is 33.3 Å². The van der Waals surface area contributed by atoms with Crippen LogP contribution in [-0.2, 0) is 0 Å². The Balaban J connectivity index is 2.16. The lowest BCUT2D eigenvalue weighted by Gasteiger charge is -2.26. The highest BCUT2D eigenvalue weighted by Gasteiger charge is 2.19. The summed E-state index contributed by atoms with van der Waals surface area (Å²) in [6.45, 7) is 11.3. The minimum absolute atomic E-state index is 0.153. The second-order valence-corrected chi connectivity index (χ2v) is 7.02. The number of nitrogens with one attached hydrogen (secondary N) is 2. The molecule has 0 saturated heterocycles. The maximum atomic E-state index is 5.66. The van der Waals surface area contributed by atoms with Gasteiger partial charge in [-0.1, -0.05) is 49.7 Å². The molecule has 0 saturated carbocycles. The van der Waals surface area contributed by atoms with Crippen LogP contribution in [0.25, 0.3) is 0 Å². The predicted molar refractivity (Wildman–Crippen MR) is 110 cm³/mol. The molecule has 0 fully saturated rings. The number of para-hydroxylation sites is 2. The van der Waals surface area contributed by atoms with Gasteiger partial charge < -0.3 is 15.4 Å². The Labute approximate surface area is 156 Å². The van der Waals surface area contributed by atoms with Gasteiger partial charge >= 0.3 is 0 Å². The summed E-state index contributed by atoms with van der Waals surface area (Å²) >= 11 is 5.57. The van der Waals surface area contributed by atoms with E-state index in [1.165, 1.54) is 16.7 Å². The molecule has 0 spiro atoms. The summed E-state index contributed by atoms with van der Waals surface area (Å²) in [7, 11) is 0. The average molecular weight is 357 g/mol. The molecular weight excluding hydrogens is 328 g/mol. The van der Waals surface area contributed by atoms with Crippen molar-refractivity contribution in [2.45, 2.75) is 40.7 Å². The summed E-state index contributed by atoms with van der Waals surface area (Å²) < 4.78 is 5.66. The first kappa shape index (κ1) is 19.3. The fourth-order valence-corrected chi connectivity index (χ4v) is 3.17. The van der Waals surface area contributed by atoms with Gasteiger partial charge in [0, 0.05) is 0 Å². The van der Waals surface area contributed by atoms with Crippen LogP contribution in [0.15, 0.2) is 42.5 Å². The summed E-state index contributed by atoms with van der Waals surface area (Å²) in [5, 5.41) is 7.35. The third-order valence-corrected chi connectivity index (χ3v) is 4.37. The van der Waals surface area contributed by atoms with Gasteiger partial charge in [0.15, 0.2) is 5.11 Å². The van der Waals surface area contributed by atoms with Crippen molar-refractivity contribution in [3.8, 4) is 5.75 Å². The number of benzene rings is 2. The molecule has 0 bridgehead atoms. The highest BCUT2D eigenvalue weighted by Crippen LogP contribution is 2.27. The van der Waals surface area contributed by atoms with Crippen molar-refractivity contribution in [1.29, 1.82) is 0 Å². The third-order valence-electron chi connectivity index (χ3n) is 4.15. The Kier molecular flexibility index (Phi) is 6.82. The van der Waals surface area contributed by atoms with Crippen LogP contribution in [0.5, 0.6) is 5.75 Å². The highest BCUT2D eigenvalue weighted by atomic mass is 32.1. The number of hydrogen-bond donors (Lipinski definition) is 2. The average Bonchev–Trinajstić information content (AvgIpc) is 2.55. The van der Waals surface area contributed by atoms with Gasteiger partial charge in [0.1, 0.15) is 5.75 Å². The van der Waals surface area contributed by atoms with E-state index in [4.69, 9.17) is 17.0 Å². The first-order valence-electron chi connectivity index (χ1n) is 8.78. The Morgan fingerprint density at radius 2 is 1.84 bits per heavy atom. The SMILES string of the molecule is CCOc1ccccc1NC(=S)NC(c1ccc(C)cc1C)C(C)C. The first-order chi connectivity index (χ1) is 11.9. The minimum Gasteiger partial charge on any atom is -0.492 e. The monoisotopic (exact) mass is 356 g/mol. The van der Waals surface area contributed by atoms with Crippen LogP contribution < -0.4 is 15.4 Å². The van der Waals surface area contributed by atoms with Gasteiger partial charge in [0.2, 0.25) is 0 Å². The van der Waals surface area contributed by atoms with Crippen molar-refractivity contribution in [3.05, 3.63) is 59.2 Å². The molecule has 4 heteroatoms. The number of aryl methyl sites for hydroxylation is 2. The predicted octanol–water partition coefficient (Wildman–Crippen LogP) is 5.39. The molecule has 0 aliphatic carbocycles. The highest BCUT2D eigenvalue weighted by molar-refractivity contribution is 7.80. The molecule has 0 aromatic heterocycles. The van der Waals surface area contributed by atoms with Gasteiger partial charge in [0.25, 0.3) is 0 Å². The standard InChI is InChI=1S/C21H28N2OS/c1-6-24-19-10-8-7-9-18(19)22-21(25)23-20(14(2)3)17-12-11-15(4)13-16(17)5/h7-14,20H,6H2,1-5H3,(H2,22,23,25). The summed E-state index contributed by atoms with van der Waals surface area (Å²) in [6, 6.07) is 14.6. The fourth-order valence-electron chi connectivity index (χ4n) is 2.93. The Bertz CT molecular complexity index is 728. The van der Waals surface area contributed by atoms with Crippen molar-refractivity contribution in [3.63, 3.8) is 0 Å². The number of anilines is 1. The maximum absolute atomic E-state index is 5.66. The number of ether oxygens (including phenoxy) is 1. The molecule has 3 nitrogen and oxygen atoms in total. The van der Waals surface area contributed by atoms with Crippen molar-refractivity contribution in [1.82, 2.24) is 5.32 Å². The molecule has 2 aromatic carbocycles. The van der Waals surface area contributed by atoms with E-state index in [0.29, 0.717) is 17.6 Å². The molecule has 1 unspecified atom stereocenters. The smallest absolute Gasteiger partial charge is 0.171 e. The molecule has 0 aliphatic rings. The van der Waals surface area contributed by atoms with E-state index >= 15 is 0 Å². The van der Waals surface area contributed by atoms with E-state index in [9.17, 15) is 0 Å². The molecule has 25 heavy (non-hydrogen) atoms. The van der Waals surface area contributed by atoms with Crippen LogP contribution in [0.4, 0.5) is 5.69 Å². The van der Waals surface area contributed by atoms with Gasteiger partial charge in [0.05, 0.1) is 18.3 Å². The lowest BCUT2D eigenvalue weighted by molar-refractivity contribution is 0.342.